The molecule has 3 aromatic rings. The number of nitro groups is 1. The van der Waals surface area contributed by atoms with E-state index < -0.39 is 38.0 Å². The zero-order chi connectivity index (χ0) is 29.4. The molecule has 0 radical (unpaired) electrons. The predicted octanol–water partition coefficient (Wildman–Crippen LogP) is 3.58. The minimum Gasteiger partial charge on any atom is -0.497 e. The number of hydrazone groups is 1. The first-order valence-corrected chi connectivity index (χ1v) is 14.3. The van der Waals surface area contributed by atoms with Crippen LogP contribution in [0.3, 0.4) is 0 Å². The van der Waals surface area contributed by atoms with Crippen molar-refractivity contribution in [1.29, 1.82) is 0 Å². The third kappa shape index (κ3) is 7.18. The molecule has 3 aromatic carbocycles. The number of carbonyl (C=O) groups excluding carboxylic acids is 1. The summed E-state index contributed by atoms with van der Waals surface area (Å²) in [6, 6.07) is 19.5. The van der Waals surface area contributed by atoms with Gasteiger partial charge in [-0.25, -0.2) is 13.8 Å². The molecule has 0 unspecified atom stereocenters. The summed E-state index contributed by atoms with van der Waals surface area (Å²) in [6.45, 7) is 1.66. The lowest BCUT2D eigenvalue weighted by atomic mass is 10.1. The van der Waals surface area contributed by atoms with E-state index in [2.05, 4.69) is 27.6 Å². The second-order valence-electron chi connectivity index (χ2n) is 9.25. The SMILES string of the molecule is COc1ccc(N(CC(=O)NN=C2CCN(Cc3ccccc3)CC2)S(=O)(=O)c2ccccc2[N+](=O)[O-])c(OC)c1. The van der Waals surface area contributed by atoms with Gasteiger partial charge < -0.3 is 9.47 Å². The highest BCUT2D eigenvalue weighted by Gasteiger charge is 2.34. The van der Waals surface area contributed by atoms with Crippen molar-refractivity contribution in [2.45, 2.75) is 24.3 Å². The first-order valence-electron chi connectivity index (χ1n) is 12.8. The van der Waals surface area contributed by atoms with Gasteiger partial charge in [0.2, 0.25) is 0 Å². The topological polar surface area (TPSA) is 144 Å². The number of nitrogens with zero attached hydrogens (tertiary/aromatic N) is 4. The van der Waals surface area contributed by atoms with E-state index in [0.29, 0.717) is 18.6 Å². The summed E-state index contributed by atoms with van der Waals surface area (Å²) >= 11 is 0. The van der Waals surface area contributed by atoms with Crippen molar-refractivity contribution in [3.05, 3.63) is 88.5 Å². The van der Waals surface area contributed by atoms with Crippen LogP contribution in [0, 0.1) is 10.1 Å². The van der Waals surface area contributed by atoms with Crippen LogP contribution in [-0.4, -0.2) is 63.7 Å². The summed E-state index contributed by atoms with van der Waals surface area (Å²) in [4.78, 5) is 25.7. The number of piperidine rings is 1. The van der Waals surface area contributed by atoms with Gasteiger partial charge in [-0.3, -0.25) is 24.1 Å². The minimum atomic E-state index is -4.60. The zero-order valence-corrected chi connectivity index (χ0v) is 23.5. The normalized spacial score (nSPS) is 13.8. The number of amides is 1. The van der Waals surface area contributed by atoms with E-state index >= 15 is 0 Å². The largest absolute Gasteiger partial charge is 0.497 e. The number of benzene rings is 3. The molecule has 13 heteroatoms. The quantitative estimate of drug-likeness (QED) is 0.267. The summed E-state index contributed by atoms with van der Waals surface area (Å²) in [5.74, 6) is -0.233. The molecule has 1 amide bonds. The van der Waals surface area contributed by atoms with Crippen LogP contribution in [0.2, 0.25) is 0 Å². The lowest BCUT2D eigenvalue weighted by Gasteiger charge is -2.27. The van der Waals surface area contributed by atoms with E-state index in [4.69, 9.17) is 9.47 Å². The van der Waals surface area contributed by atoms with Crippen LogP contribution in [0.1, 0.15) is 18.4 Å². The third-order valence-corrected chi connectivity index (χ3v) is 8.40. The van der Waals surface area contributed by atoms with Crippen molar-refractivity contribution in [2.24, 2.45) is 5.10 Å². The number of para-hydroxylation sites is 1. The predicted molar refractivity (Wildman–Crippen MR) is 154 cm³/mol. The summed E-state index contributed by atoms with van der Waals surface area (Å²) in [7, 11) is -1.83. The molecule has 0 spiro atoms. The van der Waals surface area contributed by atoms with Crippen LogP contribution in [0.25, 0.3) is 0 Å². The number of sulfonamides is 1. The molecular weight excluding hydrogens is 550 g/mol. The van der Waals surface area contributed by atoms with Crippen LogP contribution >= 0.6 is 0 Å². The van der Waals surface area contributed by atoms with Crippen molar-refractivity contribution >= 4 is 33.0 Å². The second-order valence-corrected chi connectivity index (χ2v) is 11.1. The maximum atomic E-state index is 13.8. The Morgan fingerprint density at radius 3 is 2.37 bits per heavy atom. The van der Waals surface area contributed by atoms with Gasteiger partial charge in [0.15, 0.2) is 4.90 Å². The van der Waals surface area contributed by atoms with Gasteiger partial charge in [0.05, 0.1) is 24.8 Å². The van der Waals surface area contributed by atoms with Crippen molar-refractivity contribution in [1.82, 2.24) is 10.3 Å². The van der Waals surface area contributed by atoms with Crippen LogP contribution in [-0.2, 0) is 21.4 Å². The average molecular weight is 582 g/mol. The Hall–Kier alpha value is -4.49. The lowest BCUT2D eigenvalue weighted by molar-refractivity contribution is -0.387. The van der Waals surface area contributed by atoms with Crippen LogP contribution in [0.5, 0.6) is 11.5 Å². The van der Waals surface area contributed by atoms with Gasteiger partial charge in [-0.2, -0.15) is 5.10 Å². The summed E-state index contributed by atoms with van der Waals surface area (Å²) in [5.41, 5.74) is 3.86. The Morgan fingerprint density at radius 1 is 1.02 bits per heavy atom. The molecule has 1 heterocycles. The van der Waals surface area contributed by atoms with E-state index in [9.17, 15) is 23.3 Å². The minimum absolute atomic E-state index is 0.00322. The smallest absolute Gasteiger partial charge is 0.289 e. The molecule has 0 saturated carbocycles. The number of methoxy groups -OCH3 is 2. The van der Waals surface area contributed by atoms with Crippen molar-refractivity contribution in [3.8, 4) is 11.5 Å². The van der Waals surface area contributed by atoms with Gasteiger partial charge >= 0.3 is 0 Å². The zero-order valence-electron chi connectivity index (χ0n) is 22.7. The van der Waals surface area contributed by atoms with Crippen LogP contribution in [0.15, 0.2) is 82.8 Å². The third-order valence-electron chi connectivity index (χ3n) is 6.59. The molecular formula is C28H31N5O7S. The first kappa shape index (κ1) is 29.5. The molecule has 216 valence electrons. The number of likely N-dealkylation sites (tertiary alicyclic amines) is 1. The molecule has 4 rings (SSSR count). The number of anilines is 1. The molecule has 1 N–H and O–H groups in total. The average Bonchev–Trinajstić information content (AvgIpc) is 2.99. The van der Waals surface area contributed by atoms with Crippen LogP contribution in [0.4, 0.5) is 11.4 Å². The fraction of sp³-hybridized carbons (Fsp3) is 0.286. The molecule has 0 aromatic heterocycles. The Morgan fingerprint density at radius 2 is 1.71 bits per heavy atom. The summed E-state index contributed by atoms with van der Waals surface area (Å²) < 4.78 is 39.0. The van der Waals surface area contributed by atoms with Gasteiger partial charge in [-0.05, 0) is 23.8 Å². The van der Waals surface area contributed by atoms with E-state index in [1.165, 1.54) is 50.1 Å². The maximum Gasteiger partial charge on any atom is 0.289 e. The van der Waals surface area contributed by atoms with Crippen LogP contribution < -0.4 is 19.2 Å². The van der Waals surface area contributed by atoms with Crippen molar-refractivity contribution in [2.75, 3.05) is 38.2 Å². The summed E-state index contributed by atoms with van der Waals surface area (Å²) in [6.07, 6.45) is 1.30. The molecule has 0 bridgehead atoms. The number of ether oxygens (including phenoxy) is 2. The summed E-state index contributed by atoms with van der Waals surface area (Å²) in [5, 5.41) is 15.9. The fourth-order valence-corrected chi connectivity index (χ4v) is 6.06. The highest BCUT2D eigenvalue weighted by molar-refractivity contribution is 7.93. The molecule has 1 aliphatic heterocycles. The number of hydrogen-bond donors (Lipinski definition) is 1. The number of nitro benzene ring substituents is 1. The Kier molecular flexibility index (Phi) is 9.53. The van der Waals surface area contributed by atoms with Gasteiger partial charge in [0, 0.05) is 50.3 Å². The van der Waals surface area contributed by atoms with E-state index in [-0.39, 0.29) is 11.4 Å². The van der Waals surface area contributed by atoms with E-state index in [0.717, 1.165) is 41.8 Å². The number of hydrogen-bond acceptors (Lipinski definition) is 9. The standard InChI is InChI=1S/C28H31N5O7S/c1-39-23-12-13-24(26(18-23)40-2)32(41(37,38)27-11-7-6-10-25(27)33(35)36)20-28(34)30-29-22-14-16-31(17-15-22)19-21-8-4-3-5-9-21/h3-13,18H,14-17,19-20H2,1-2H3,(H,30,34). The highest BCUT2D eigenvalue weighted by Crippen LogP contribution is 2.37. The fourth-order valence-electron chi connectivity index (χ4n) is 4.47. The lowest BCUT2D eigenvalue weighted by Crippen LogP contribution is -2.40. The highest BCUT2D eigenvalue weighted by atomic mass is 32.2. The second kappa shape index (κ2) is 13.2. The van der Waals surface area contributed by atoms with E-state index in [1.54, 1.807) is 0 Å². The Balaban J connectivity index is 1.54. The van der Waals surface area contributed by atoms with Gasteiger partial charge in [0.1, 0.15) is 18.0 Å². The monoisotopic (exact) mass is 581 g/mol. The maximum absolute atomic E-state index is 13.8. The molecule has 1 aliphatic rings. The number of nitrogens with one attached hydrogen (secondary N) is 1. The molecule has 0 aliphatic carbocycles. The van der Waals surface area contributed by atoms with E-state index in [1.807, 2.05) is 18.2 Å². The van der Waals surface area contributed by atoms with Crippen molar-refractivity contribution < 1.29 is 27.6 Å². The molecule has 0 atom stereocenters. The molecule has 12 nitrogen and oxygen atoms in total. The number of carbonyl (C=O) groups is 1. The molecule has 1 fully saturated rings. The first-order chi connectivity index (χ1) is 19.7. The van der Waals surface area contributed by atoms with Gasteiger partial charge in [-0.15, -0.1) is 0 Å². The van der Waals surface area contributed by atoms with Gasteiger partial charge in [-0.1, -0.05) is 42.5 Å². The van der Waals surface area contributed by atoms with Crippen molar-refractivity contribution in [3.63, 3.8) is 0 Å². The molecule has 1 saturated heterocycles. The van der Waals surface area contributed by atoms with Gasteiger partial charge in [0.25, 0.3) is 21.6 Å². The Bertz CT molecular complexity index is 1520. The Labute approximate surface area is 238 Å². The number of rotatable bonds is 11. The molecule has 41 heavy (non-hydrogen) atoms.